The van der Waals surface area contributed by atoms with Crippen LogP contribution in [0.3, 0.4) is 0 Å². The van der Waals surface area contributed by atoms with Gasteiger partial charge in [-0.1, -0.05) is 30.3 Å². The molecule has 1 aromatic heterocycles. The second-order valence-electron chi connectivity index (χ2n) is 8.35. The van der Waals surface area contributed by atoms with E-state index in [4.69, 9.17) is 4.42 Å². The number of hydrogen-bond donors (Lipinski definition) is 4. The molecule has 0 bridgehead atoms. The molecular weight excluding hydrogens is 468 g/mol. The fourth-order valence-electron chi connectivity index (χ4n) is 3.57. The Kier molecular flexibility index (Phi) is 8.69. The maximum Gasteiger partial charge on any atom is 0.251 e. The van der Waals surface area contributed by atoms with Crippen molar-refractivity contribution in [2.24, 2.45) is 0 Å². The molecular formula is C29H28N4O4. The number of carbonyl (C=O) groups excluding carboxylic acids is 3. The fraction of sp³-hybridized carbons (Fsp3) is 0.138. The lowest BCUT2D eigenvalue weighted by atomic mass is 10.1. The van der Waals surface area contributed by atoms with Crippen LogP contribution in [-0.2, 0) is 22.6 Å². The van der Waals surface area contributed by atoms with Gasteiger partial charge in [-0.2, -0.15) is 0 Å². The maximum atomic E-state index is 12.3. The lowest BCUT2D eigenvalue weighted by molar-refractivity contribution is -0.116. The zero-order chi connectivity index (χ0) is 25.9. The normalized spacial score (nSPS) is 10.4. The van der Waals surface area contributed by atoms with E-state index in [2.05, 4.69) is 21.3 Å². The van der Waals surface area contributed by atoms with Crippen LogP contribution in [0.2, 0.25) is 0 Å². The summed E-state index contributed by atoms with van der Waals surface area (Å²) in [6.07, 6.45) is 2.64. The molecule has 0 unspecified atom stereocenters. The predicted molar refractivity (Wildman–Crippen MR) is 143 cm³/mol. The number of rotatable bonds is 11. The van der Waals surface area contributed by atoms with Crippen LogP contribution in [-0.4, -0.2) is 24.3 Å². The van der Waals surface area contributed by atoms with Crippen molar-refractivity contribution in [2.45, 2.75) is 19.4 Å². The Morgan fingerprint density at radius 2 is 1.32 bits per heavy atom. The van der Waals surface area contributed by atoms with E-state index in [0.29, 0.717) is 42.1 Å². The first-order chi connectivity index (χ1) is 18.0. The van der Waals surface area contributed by atoms with Gasteiger partial charge in [0.15, 0.2) is 0 Å². The van der Waals surface area contributed by atoms with Gasteiger partial charge in [0.25, 0.3) is 5.91 Å². The van der Waals surface area contributed by atoms with Crippen molar-refractivity contribution in [2.75, 3.05) is 22.5 Å². The Labute approximate surface area is 215 Å². The fourth-order valence-corrected chi connectivity index (χ4v) is 3.57. The van der Waals surface area contributed by atoms with Gasteiger partial charge in [0.1, 0.15) is 5.76 Å². The Balaban J connectivity index is 1.17. The summed E-state index contributed by atoms with van der Waals surface area (Å²) >= 11 is 0. The molecule has 37 heavy (non-hydrogen) atoms. The van der Waals surface area contributed by atoms with Crippen molar-refractivity contribution in [3.05, 3.63) is 114 Å². The summed E-state index contributed by atoms with van der Waals surface area (Å²) in [6, 6.07) is 27.2. The molecule has 4 aromatic rings. The second-order valence-corrected chi connectivity index (χ2v) is 8.35. The molecule has 0 fully saturated rings. The molecule has 4 rings (SSSR count). The largest absolute Gasteiger partial charge is 0.467 e. The highest BCUT2D eigenvalue weighted by atomic mass is 16.3. The summed E-state index contributed by atoms with van der Waals surface area (Å²) in [5, 5.41) is 11.5. The van der Waals surface area contributed by atoms with Crippen molar-refractivity contribution >= 4 is 34.8 Å². The molecule has 188 valence electrons. The smallest absolute Gasteiger partial charge is 0.251 e. The van der Waals surface area contributed by atoms with E-state index in [9.17, 15) is 14.4 Å². The Hall–Kier alpha value is -4.85. The molecule has 0 aliphatic heterocycles. The third-order valence-corrected chi connectivity index (χ3v) is 5.54. The number of aryl methyl sites for hydroxylation is 1. The zero-order valence-electron chi connectivity index (χ0n) is 20.2. The maximum absolute atomic E-state index is 12.3. The number of furan rings is 1. The molecule has 0 radical (unpaired) electrons. The van der Waals surface area contributed by atoms with Gasteiger partial charge in [-0.3, -0.25) is 14.4 Å². The lowest BCUT2D eigenvalue weighted by Crippen LogP contribution is -2.23. The minimum atomic E-state index is -0.230. The Morgan fingerprint density at radius 1 is 0.676 bits per heavy atom. The summed E-state index contributed by atoms with van der Waals surface area (Å²) < 4.78 is 5.20. The molecule has 8 nitrogen and oxygen atoms in total. The quantitative estimate of drug-likeness (QED) is 0.238. The lowest BCUT2D eigenvalue weighted by Gasteiger charge is -2.10. The SMILES string of the molecule is O=C(CCc1ccccc1)Nc1ccc(NCC(=O)Nc2ccc(C(=O)NCc3ccco3)cc2)cc1. The topological polar surface area (TPSA) is 112 Å². The van der Waals surface area contributed by atoms with Gasteiger partial charge in [0, 0.05) is 29.0 Å². The minimum absolute atomic E-state index is 0.0510. The van der Waals surface area contributed by atoms with Gasteiger partial charge in [0.2, 0.25) is 11.8 Å². The number of hydrogen-bond acceptors (Lipinski definition) is 5. The van der Waals surface area contributed by atoms with Crippen molar-refractivity contribution in [1.82, 2.24) is 5.32 Å². The monoisotopic (exact) mass is 496 g/mol. The molecule has 0 saturated heterocycles. The van der Waals surface area contributed by atoms with Crippen molar-refractivity contribution in [3.8, 4) is 0 Å². The summed E-state index contributed by atoms with van der Waals surface area (Å²) in [5.74, 6) is 0.160. The Morgan fingerprint density at radius 3 is 2.00 bits per heavy atom. The van der Waals surface area contributed by atoms with Gasteiger partial charge < -0.3 is 25.7 Å². The van der Waals surface area contributed by atoms with E-state index < -0.39 is 0 Å². The van der Waals surface area contributed by atoms with Crippen LogP contribution >= 0.6 is 0 Å². The van der Waals surface area contributed by atoms with Crippen LogP contribution < -0.4 is 21.3 Å². The first-order valence-corrected chi connectivity index (χ1v) is 11.9. The van der Waals surface area contributed by atoms with Crippen molar-refractivity contribution < 1.29 is 18.8 Å². The first-order valence-electron chi connectivity index (χ1n) is 11.9. The van der Waals surface area contributed by atoms with Gasteiger partial charge in [-0.15, -0.1) is 0 Å². The average molecular weight is 497 g/mol. The molecule has 0 atom stereocenters. The summed E-state index contributed by atoms with van der Waals surface area (Å²) in [4.78, 5) is 36.7. The number of amides is 3. The highest BCUT2D eigenvalue weighted by molar-refractivity contribution is 5.96. The van der Waals surface area contributed by atoms with Gasteiger partial charge in [0.05, 0.1) is 19.4 Å². The van der Waals surface area contributed by atoms with Gasteiger partial charge in [-0.25, -0.2) is 0 Å². The number of nitrogens with one attached hydrogen (secondary N) is 4. The number of carbonyl (C=O) groups is 3. The second kappa shape index (κ2) is 12.7. The highest BCUT2D eigenvalue weighted by Crippen LogP contribution is 2.15. The van der Waals surface area contributed by atoms with Gasteiger partial charge >= 0.3 is 0 Å². The van der Waals surface area contributed by atoms with Crippen LogP contribution in [0.1, 0.15) is 28.1 Å². The third kappa shape index (κ3) is 8.10. The zero-order valence-corrected chi connectivity index (χ0v) is 20.2. The minimum Gasteiger partial charge on any atom is -0.467 e. The van der Waals surface area contributed by atoms with E-state index in [0.717, 1.165) is 11.3 Å². The first kappa shape index (κ1) is 25.2. The standard InChI is InChI=1S/C29H28N4O4/c34-27(17-8-21-5-2-1-3-6-21)32-25-15-13-23(14-16-25)30-20-28(35)33-24-11-9-22(10-12-24)29(36)31-19-26-7-4-18-37-26/h1-7,9-16,18,30H,8,17,19-20H2,(H,31,36)(H,32,34)(H,33,35). The van der Waals surface area contributed by atoms with E-state index in [1.807, 2.05) is 30.3 Å². The van der Waals surface area contributed by atoms with Crippen LogP contribution in [0.15, 0.2) is 102 Å². The number of anilines is 3. The van der Waals surface area contributed by atoms with Crippen LogP contribution in [0.25, 0.3) is 0 Å². The molecule has 0 saturated carbocycles. The molecule has 0 aliphatic rings. The van der Waals surface area contributed by atoms with Crippen LogP contribution in [0.4, 0.5) is 17.1 Å². The number of benzene rings is 3. The van der Waals surface area contributed by atoms with E-state index >= 15 is 0 Å². The molecule has 0 aliphatic carbocycles. The molecule has 3 aromatic carbocycles. The summed E-state index contributed by atoms with van der Waals surface area (Å²) in [7, 11) is 0. The highest BCUT2D eigenvalue weighted by Gasteiger charge is 2.08. The van der Waals surface area contributed by atoms with Crippen LogP contribution in [0, 0.1) is 0 Å². The summed E-state index contributed by atoms with van der Waals surface area (Å²) in [5.41, 5.74) is 3.64. The molecule has 0 spiro atoms. The van der Waals surface area contributed by atoms with Gasteiger partial charge in [-0.05, 0) is 72.6 Å². The average Bonchev–Trinajstić information content (AvgIpc) is 3.45. The summed E-state index contributed by atoms with van der Waals surface area (Å²) in [6.45, 7) is 0.367. The molecule has 3 amide bonds. The van der Waals surface area contributed by atoms with Crippen molar-refractivity contribution in [3.63, 3.8) is 0 Å². The van der Waals surface area contributed by atoms with Crippen LogP contribution in [0.5, 0.6) is 0 Å². The van der Waals surface area contributed by atoms with E-state index in [1.54, 1.807) is 66.9 Å². The third-order valence-electron chi connectivity index (χ3n) is 5.54. The molecule has 4 N–H and O–H groups in total. The van der Waals surface area contributed by atoms with E-state index in [1.165, 1.54) is 0 Å². The van der Waals surface area contributed by atoms with Crippen molar-refractivity contribution in [1.29, 1.82) is 0 Å². The predicted octanol–water partition coefficient (Wildman–Crippen LogP) is 4.83. The Bertz CT molecular complexity index is 1300. The molecule has 8 heteroatoms. The molecule has 1 heterocycles. The van der Waals surface area contributed by atoms with E-state index in [-0.39, 0.29) is 24.3 Å².